The van der Waals surface area contributed by atoms with E-state index < -0.39 is 11.2 Å². The van der Waals surface area contributed by atoms with Gasteiger partial charge in [0.2, 0.25) is 5.91 Å². The van der Waals surface area contributed by atoms with E-state index in [1.54, 1.807) is 11.6 Å². The molecule has 1 aromatic carbocycles. The maximum Gasteiger partial charge on any atom is 0.332 e. The van der Waals surface area contributed by atoms with Crippen molar-refractivity contribution in [1.29, 1.82) is 0 Å². The van der Waals surface area contributed by atoms with E-state index >= 15 is 0 Å². The van der Waals surface area contributed by atoms with Crippen molar-refractivity contribution in [3.8, 4) is 0 Å². The lowest BCUT2D eigenvalue weighted by Gasteiger charge is -2.23. The largest absolute Gasteiger partial charge is 0.372 e. The number of para-hydroxylation sites is 1. The fourth-order valence-electron chi connectivity index (χ4n) is 3.34. The number of imidazole rings is 1. The molecule has 2 aromatic heterocycles. The number of amides is 1. The second-order valence-electron chi connectivity index (χ2n) is 6.88. The van der Waals surface area contributed by atoms with Gasteiger partial charge in [-0.1, -0.05) is 18.2 Å². The molecular weight excluding hydrogens is 372 g/mol. The summed E-state index contributed by atoms with van der Waals surface area (Å²) in [6.07, 6.45) is 2.23. The van der Waals surface area contributed by atoms with Gasteiger partial charge in [-0.2, -0.15) is 0 Å². The van der Waals surface area contributed by atoms with Crippen LogP contribution in [0, 0.1) is 0 Å². The third-order valence-corrected chi connectivity index (χ3v) is 4.93. The van der Waals surface area contributed by atoms with Crippen LogP contribution in [0.5, 0.6) is 0 Å². The fourth-order valence-corrected chi connectivity index (χ4v) is 3.34. The zero-order chi connectivity index (χ0) is 21.0. The fraction of sp³-hybridized carbons (Fsp3) is 0.400. The minimum absolute atomic E-state index is 0.293. The third-order valence-electron chi connectivity index (χ3n) is 4.93. The van der Waals surface area contributed by atoms with Crippen LogP contribution >= 0.6 is 0 Å². The van der Waals surface area contributed by atoms with Crippen LogP contribution in [0.2, 0.25) is 0 Å². The van der Waals surface area contributed by atoms with Gasteiger partial charge in [0.05, 0.1) is 6.33 Å². The Bertz CT molecular complexity index is 1110. The molecule has 0 radical (unpaired) electrons. The first-order valence-corrected chi connectivity index (χ1v) is 9.61. The Hall–Kier alpha value is -3.36. The molecule has 0 fully saturated rings. The Morgan fingerprint density at radius 2 is 1.90 bits per heavy atom. The minimum Gasteiger partial charge on any atom is -0.372 e. The van der Waals surface area contributed by atoms with Crippen LogP contribution in [0.3, 0.4) is 0 Å². The summed E-state index contributed by atoms with van der Waals surface area (Å²) in [5.41, 5.74) is 0.666. The Balaban J connectivity index is 1.61. The standard InChI is InChI=1S/C20H26N6O3/c1-4-25(15-9-6-5-7-10-15)12-8-11-21-16(27)13-26-19(28)17-18(22-14-23(17)2)24(3)20(26)29/h5-7,9-10,14H,4,8,11-13H2,1-3H3,(H,21,27). The molecule has 1 N–H and O–H groups in total. The maximum absolute atomic E-state index is 12.6. The van der Waals surface area contributed by atoms with Crippen molar-refractivity contribution < 1.29 is 4.79 Å². The average Bonchev–Trinajstić information content (AvgIpc) is 3.12. The number of nitrogens with one attached hydrogen (secondary N) is 1. The van der Waals surface area contributed by atoms with Crippen molar-refractivity contribution in [2.45, 2.75) is 19.9 Å². The summed E-state index contributed by atoms with van der Waals surface area (Å²) in [6.45, 7) is 3.90. The highest BCUT2D eigenvalue weighted by molar-refractivity contribution is 5.76. The Morgan fingerprint density at radius 1 is 1.17 bits per heavy atom. The third kappa shape index (κ3) is 4.23. The van der Waals surface area contributed by atoms with Gasteiger partial charge in [-0.15, -0.1) is 0 Å². The minimum atomic E-state index is -0.558. The molecule has 0 unspecified atom stereocenters. The Labute approximate surface area is 168 Å². The number of aryl methyl sites for hydroxylation is 2. The lowest BCUT2D eigenvalue weighted by Crippen LogP contribution is -2.43. The molecule has 0 saturated heterocycles. The highest BCUT2D eigenvalue weighted by Crippen LogP contribution is 2.12. The predicted octanol–water partition coefficient (Wildman–Crippen LogP) is 0.467. The molecule has 2 heterocycles. The number of hydrogen-bond acceptors (Lipinski definition) is 5. The Morgan fingerprint density at radius 3 is 2.59 bits per heavy atom. The van der Waals surface area contributed by atoms with Gasteiger partial charge in [0.25, 0.3) is 5.56 Å². The molecular formula is C20H26N6O3. The van der Waals surface area contributed by atoms with Gasteiger partial charge in [0.1, 0.15) is 6.54 Å². The zero-order valence-electron chi connectivity index (χ0n) is 17.0. The lowest BCUT2D eigenvalue weighted by molar-refractivity contribution is -0.121. The summed E-state index contributed by atoms with van der Waals surface area (Å²) in [4.78, 5) is 43.7. The number of benzene rings is 1. The second-order valence-corrected chi connectivity index (χ2v) is 6.88. The van der Waals surface area contributed by atoms with Gasteiger partial charge in [0, 0.05) is 39.4 Å². The summed E-state index contributed by atoms with van der Waals surface area (Å²) >= 11 is 0. The van der Waals surface area contributed by atoms with Crippen LogP contribution in [0.4, 0.5) is 5.69 Å². The van der Waals surface area contributed by atoms with Crippen LogP contribution in [0.1, 0.15) is 13.3 Å². The van der Waals surface area contributed by atoms with Crippen molar-refractivity contribution >= 4 is 22.8 Å². The average molecular weight is 398 g/mol. The van der Waals surface area contributed by atoms with Crippen LogP contribution < -0.4 is 21.5 Å². The molecule has 1 amide bonds. The number of rotatable bonds is 8. The van der Waals surface area contributed by atoms with Crippen molar-refractivity contribution in [1.82, 2.24) is 24.0 Å². The molecule has 0 aliphatic carbocycles. The predicted molar refractivity (Wildman–Crippen MR) is 112 cm³/mol. The second kappa shape index (κ2) is 8.76. The first-order valence-electron chi connectivity index (χ1n) is 9.61. The quantitative estimate of drug-likeness (QED) is 0.557. The van der Waals surface area contributed by atoms with E-state index in [2.05, 4.69) is 34.3 Å². The highest BCUT2D eigenvalue weighted by Gasteiger charge is 2.16. The van der Waals surface area contributed by atoms with Crippen LogP contribution in [-0.2, 0) is 25.4 Å². The van der Waals surface area contributed by atoms with E-state index in [1.807, 2.05) is 18.2 Å². The number of fused-ring (bicyclic) bond motifs is 1. The van der Waals surface area contributed by atoms with Gasteiger partial charge in [-0.25, -0.2) is 14.3 Å². The number of aromatic nitrogens is 4. The van der Waals surface area contributed by atoms with E-state index in [4.69, 9.17) is 0 Å². The number of anilines is 1. The monoisotopic (exact) mass is 398 g/mol. The van der Waals surface area contributed by atoms with E-state index in [9.17, 15) is 14.4 Å². The van der Waals surface area contributed by atoms with Gasteiger partial charge in [-0.3, -0.25) is 14.2 Å². The van der Waals surface area contributed by atoms with E-state index in [-0.39, 0.29) is 12.5 Å². The summed E-state index contributed by atoms with van der Waals surface area (Å²) in [6, 6.07) is 10.1. The molecule has 3 aromatic rings. The molecule has 3 rings (SSSR count). The van der Waals surface area contributed by atoms with Crippen LogP contribution in [0.25, 0.3) is 11.2 Å². The summed E-state index contributed by atoms with van der Waals surface area (Å²) in [5.74, 6) is -0.367. The first kappa shape index (κ1) is 20.4. The van der Waals surface area contributed by atoms with Crippen molar-refractivity contribution in [2.24, 2.45) is 14.1 Å². The van der Waals surface area contributed by atoms with Crippen LogP contribution in [-0.4, -0.2) is 44.2 Å². The van der Waals surface area contributed by atoms with Crippen molar-refractivity contribution in [3.05, 3.63) is 57.5 Å². The molecule has 0 bridgehead atoms. The molecule has 9 nitrogen and oxygen atoms in total. The van der Waals surface area contributed by atoms with Crippen molar-refractivity contribution in [3.63, 3.8) is 0 Å². The molecule has 0 saturated carbocycles. The molecule has 9 heteroatoms. The van der Waals surface area contributed by atoms with Crippen LogP contribution in [0.15, 0.2) is 46.2 Å². The van der Waals surface area contributed by atoms with Gasteiger partial charge in [0.15, 0.2) is 11.2 Å². The molecule has 29 heavy (non-hydrogen) atoms. The van der Waals surface area contributed by atoms with Gasteiger partial charge in [-0.05, 0) is 25.5 Å². The number of carbonyl (C=O) groups is 1. The van der Waals surface area contributed by atoms with Gasteiger partial charge < -0.3 is 14.8 Å². The molecule has 0 atom stereocenters. The normalized spacial score (nSPS) is 11.0. The molecule has 0 aliphatic heterocycles. The molecule has 0 spiro atoms. The number of hydrogen-bond donors (Lipinski definition) is 1. The lowest BCUT2D eigenvalue weighted by atomic mass is 10.2. The van der Waals surface area contributed by atoms with E-state index in [0.717, 1.165) is 29.8 Å². The SMILES string of the molecule is CCN(CCCNC(=O)Cn1c(=O)c2c(ncn2C)n(C)c1=O)c1ccccc1. The smallest absolute Gasteiger partial charge is 0.332 e. The van der Waals surface area contributed by atoms with E-state index in [0.29, 0.717) is 17.7 Å². The summed E-state index contributed by atoms with van der Waals surface area (Å²) in [5, 5.41) is 2.80. The van der Waals surface area contributed by atoms with Crippen molar-refractivity contribution in [2.75, 3.05) is 24.5 Å². The molecule has 0 aliphatic rings. The topological polar surface area (TPSA) is 94.2 Å². The Kier molecular flexibility index (Phi) is 6.16. The maximum atomic E-state index is 12.6. The summed E-state index contributed by atoms with van der Waals surface area (Å²) < 4.78 is 3.78. The number of nitrogens with zero attached hydrogens (tertiary/aromatic N) is 5. The number of carbonyl (C=O) groups excluding carboxylic acids is 1. The highest BCUT2D eigenvalue weighted by atomic mass is 16.2. The summed E-state index contributed by atoms with van der Waals surface area (Å²) in [7, 11) is 3.21. The molecule has 154 valence electrons. The van der Waals surface area contributed by atoms with E-state index in [1.165, 1.54) is 17.9 Å². The first-order chi connectivity index (χ1) is 13.9. The van der Waals surface area contributed by atoms with Gasteiger partial charge >= 0.3 is 5.69 Å². The zero-order valence-corrected chi connectivity index (χ0v) is 17.0.